The molecule has 2 rings (SSSR count). The number of amides is 2. The van der Waals surface area contributed by atoms with Crippen molar-refractivity contribution in [3.63, 3.8) is 0 Å². The minimum absolute atomic E-state index is 0.000185. The number of likely N-dealkylation sites (tertiary alicyclic amines) is 1. The molecule has 1 saturated heterocycles. The Labute approximate surface area is 197 Å². The fourth-order valence-corrected chi connectivity index (χ4v) is 3.59. The highest BCUT2D eigenvalue weighted by molar-refractivity contribution is 6.00. The smallest absolute Gasteiger partial charge is 0.253 e. The van der Waals surface area contributed by atoms with Crippen LogP contribution >= 0.6 is 0 Å². The highest BCUT2D eigenvalue weighted by Crippen LogP contribution is 2.20. The standard InChI is InChI=1S/C25H38N6O2/c1-18(2)16-27-25(26-4)28-21-9-7-14-31(17-21)24(33)20-11-12-22(19(3)15-20)29-23(32)10-8-13-30(5)6/h8,10-12,15-16,21,25-26,28H,1,7,9,13-14,17H2,2-6H3,(H,29,32)/b10-8+,27-16?/t21-,25?/m0/s1. The molecular weight excluding hydrogens is 416 g/mol. The minimum atomic E-state index is -0.223. The average Bonchev–Trinajstić information content (AvgIpc) is 2.77. The summed E-state index contributed by atoms with van der Waals surface area (Å²) in [7, 11) is 5.74. The maximum absolute atomic E-state index is 13.1. The number of carbonyl (C=O) groups excluding carboxylic acids is 2. The van der Waals surface area contributed by atoms with Gasteiger partial charge in [-0.25, -0.2) is 0 Å². The molecule has 1 aromatic carbocycles. The number of anilines is 1. The molecule has 2 amide bonds. The molecule has 1 unspecified atom stereocenters. The van der Waals surface area contributed by atoms with Crippen LogP contribution in [0.15, 0.2) is 47.5 Å². The topological polar surface area (TPSA) is 89.1 Å². The third-order valence-electron chi connectivity index (χ3n) is 5.29. The summed E-state index contributed by atoms with van der Waals surface area (Å²) in [6, 6.07) is 5.56. The molecule has 3 N–H and O–H groups in total. The third kappa shape index (κ3) is 8.92. The van der Waals surface area contributed by atoms with Gasteiger partial charge < -0.3 is 15.1 Å². The third-order valence-corrected chi connectivity index (χ3v) is 5.29. The van der Waals surface area contributed by atoms with Crippen molar-refractivity contribution in [2.75, 3.05) is 46.1 Å². The number of piperidine rings is 1. The molecule has 2 atom stereocenters. The number of nitrogens with one attached hydrogen (secondary N) is 3. The first-order valence-electron chi connectivity index (χ1n) is 11.3. The summed E-state index contributed by atoms with van der Waals surface area (Å²) in [4.78, 5) is 33.6. The van der Waals surface area contributed by atoms with Crippen LogP contribution in [0.2, 0.25) is 0 Å². The van der Waals surface area contributed by atoms with E-state index in [4.69, 9.17) is 0 Å². The highest BCUT2D eigenvalue weighted by atomic mass is 16.2. The molecular formula is C25H38N6O2. The first-order chi connectivity index (χ1) is 15.7. The minimum Gasteiger partial charge on any atom is -0.337 e. The van der Waals surface area contributed by atoms with Crippen molar-refractivity contribution in [2.24, 2.45) is 4.99 Å². The van der Waals surface area contributed by atoms with E-state index in [0.717, 1.165) is 30.5 Å². The number of benzene rings is 1. The van der Waals surface area contributed by atoms with E-state index in [0.29, 0.717) is 24.3 Å². The summed E-state index contributed by atoms with van der Waals surface area (Å²) < 4.78 is 0. The molecule has 0 bridgehead atoms. The molecule has 1 aliphatic heterocycles. The molecule has 0 aromatic heterocycles. The van der Waals surface area contributed by atoms with Gasteiger partial charge in [-0.2, -0.15) is 0 Å². The van der Waals surface area contributed by atoms with Gasteiger partial charge >= 0.3 is 0 Å². The molecule has 0 spiro atoms. The first kappa shape index (κ1) is 26.4. The van der Waals surface area contributed by atoms with Crippen LogP contribution in [0.25, 0.3) is 0 Å². The van der Waals surface area contributed by atoms with Crippen LogP contribution in [-0.4, -0.2) is 80.9 Å². The number of aliphatic imine (C=N–C) groups is 1. The van der Waals surface area contributed by atoms with E-state index in [-0.39, 0.29) is 24.1 Å². The van der Waals surface area contributed by atoms with E-state index >= 15 is 0 Å². The van der Waals surface area contributed by atoms with Crippen LogP contribution in [0.4, 0.5) is 5.69 Å². The van der Waals surface area contributed by atoms with Gasteiger partial charge in [0.2, 0.25) is 5.91 Å². The number of carbonyl (C=O) groups is 2. The number of hydrogen-bond donors (Lipinski definition) is 3. The van der Waals surface area contributed by atoms with Gasteiger partial charge in [0, 0.05) is 49.2 Å². The Hall–Kier alpha value is -2.81. The van der Waals surface area contributed by atoms with Crippen LogP contribution in [0.1, 0.15) is 35.7 Å². The summed E-state index contributed by atoms with van der Waals surface area (Å²) in [6.07, 6.45) is 6.76. The van der Waals surface area contributed by atoms with Gasteiger partial charge in [0.25, 0.3) is 5.91 Å². The van der Waals surface area contributed by atoms with Crippen molar-refractivity contribution in [3.05, 3.63) is 53.6 Å². The van der Waals surface area contributed by atoms with Gasteiger partial charge in [0.1, 0.15) is 0 Å². The number of aryl methyl sites for hydroxylation is 1. The van der Waals surface area contributed by atoms with E-state index in [1.165, 1.54) is 6.08 Å². The normalized spacial score (nSPS) is 17.6. The van der Waals surface area contributed by atoms with E-state index in [1.54, 1.807) is 18.3 Å². The van der Waals surface area contributed by atoms with Gasteiger partial charge in [0.05, 0.1) is 0 Å². The van der Waals surface area contributed by atoms with E-state index < -0.39 is 0 Å². The van der Waals surface area contributed by atoms with E-state index in [2.05, 4.69) is 27.5 Å². The summed E-state index contributed by atoms with van der Waals surface area (Å²) in [5, 5.41) is 9.47. The fraction of sp³-hybridized carbons (Fsp3) is 0.480. The number of hydrogen-bond acceptors (Lipinski definition) is 6. The molecule has 0 radical (unpaired) electrons. The zero-order valence-corrected chi connectivity index (χ0v) is 20.5. The quantitative estimate of drug-likeness (QED) is 0.287. The lowest BCUT2D eigenvalue weighted by Crippen LogP contribution is -2.53. The predicted molar refractivity (Wildman–Crippen MR) is 136 cm³/mol. The van der Waals surface area contributed by atoms with Gasteiger partial charge in [-0.15, -0.1) is 0 Å². The largest absolute Gasteiger partial charge is 0.337 e. The van der Waals surface area contributed by atoms with Crippen LogP contribution in [0, 0.1) is 6.92 Å². The molecule has 8 nitrogen and oxygen atoms in total. The Morgan fingerprint density at radius 2 is 2.12 bits per heavy atom. The SMILES string of the molecule is C=C(C)C=NC(NC)N[C@H]1CCCN(C(=O)c2ccc(NC(=O)/C=C/CN(C)C)c(C)c2)C1. The Bertz CT molecular complexity index is 893. The highest BCUT2D eigenvalue weighted by Gasteiger charge is 2.26. The molecule has 180 valence electrons. The van der Waals surface area contributed by atoms with Crippen molar-refractivity contribution in [1.82, 2.24) is 20.4 Å². The van der Waals surface area contributed by atoms with E-state index in [1.807, 2.05) is 56.9 Å². The maximum atomic E-state index is 13.1. The van der Waals surface area contributed by atoms with Gasteiger partial charge in [-0.05, 0) is 77.2 Å². The summed E-state index contributed by atoms with van der Waals surface area (Å²) >= 11 is 0. The summed E-state index contributed by atoms with van der Waals surface area (Å²) in [5.41, 5.74) is 3.07. The van der Waals surface area contributed by atoms with Crippen molar-refractivity contribution in [1.29, 1.82) is 0 Å². The second kappa shape index (κ2) is 13.0. The monoisotopic (exact) mass is 454 g/mol. The maximum Gasteiger partial charge on any atom is 0.253 e. The number of likely N-dealkylation sites (N-methyl/N-ethyl adjacent to an activating group) is 1. The number of allylic oxidation sites excluding steroid dienone is 1. The molecule has 8 heteroatoms. The van der Waals surface area contributed by atoms with Crippen LogP contribution in [-0.2, 0) is 4.79 Å². The molecule has 1 heterocycles. The van der Waals surface area contributed by atoms with Crippen molar-refractivity contribution < 1.29 is 9.59 Å². The molecule has 1 fully saturated rings. The summed E-state index contributed by atoms with van der Waals surface area (Å²) in [6.45, 7) is 9.68. The van der Waals surface area contributed by atoms with Crippen LogP contribution < -0.4 is 16.0 Å². The Balaban J connectivity index is 1.99. The summed E-state index contributed by atoms with van der Waals surface area (Å²) in [5.74, 6) is -0.183. The molecule has 1 aliphatic rings. The molecule has 33 heavy (non-hydrogen) atoms. The lowest BCUT2D eigenvalue weighted by molar-refractivity contribution is -0.111. The van der Waals surface area contributed by atoms with Gasteiger partial charge in [-0.3, -0.25) is 25.2 Å². The van der Waals surface area contributed by atoms with Crippen molar-refractivity contribution >= 4 is 23.7 Å². The van der Waals surface area contributed by atoms with Crippen molar-refractivity contribution in [3.8, 4) is 0 Å². The fourth-order valence-electron chi connectivity index (χ4n) is 3.59. The lowest BCUT2D eigenvalue weighted by Gasteiger charge is -2.34. The molecule has 0 aliphatic carbocycles. The number of rotatable bonds is 10. The number of nitrogens with zero attached hydrogens (tertiary/aromatic N) is 3. The van der Waals surface area contributed by atoms with Crippen molar-refractivity contribution in [2.45, 2.75) is 39.0 Å². The Kier molecular flexibility index (Phi) is 10.4. The predicted octanol–water partition coefficient (Wildman–Crippen LogP) is 2.40. The van der Waals surface area contributed by atoms with Gasteiger partial charge in [-0.1, -0.05) is 12.7 Å². The zero-order valence-electron chi connectivity index (χ0n) is 20.5. The van der Waals surface area contributed by atoms with E-state index in [9.17, 15) is 9.59 Å². The second-order valence-electron chi connectivity index (χ2n) is 8.76. The first-order valence-corrected chi connectivity index (χ1v) is 11.3. The second-order valence-corrected chi connectivity index (χ2v) is 8.76. The Morgan fingerprint density at radius 1 is 1.36 bits per heavy atom. The molecule has 0 saturated carbocycles. The van der Waals surface area contributed by atoms with Crippen LogP contribution in [0.5, 0.6) is 0 Å². The Morgan fingerprint density at radius 3 is 2.76 bits per heavy atom. The lowest BCUT2D eigenvalue weighted by atomic mass is 10.0. The average molecular weight is 455 g/mol. The van der Waals surface area contributed by atoms with Crippen LogP contribution in [0.3, 0.4) is 0 Å². The zero-order chi connectivity index (χ0) is 24.4. The molecule has 1 aromatic rings. The van der Waals surface area contributed by atoms with Gasteiger partial charge in [0.15, 0.2) is 6.29 Å².